The van der Waals surface area contributed by atoms with Crippen LogP contribution in [0.2, 0.25) is 0 Å². The molecule has 0 heterocycles. The van der Waals surface area contributed by atoms with Crippen molar-refractivity contribution >= 4 is 0 Å². The summed E-state index contributed by atoms with van der Waals surface area (Å²) < 4.78 is 1.37. The predicted molar refractivity (Wildman–Crippen MR) is 96.8 cm³/mol. The van der Waals surface area contributed by atoms with Gasteiger partial charge in [0.2, 0.25) is 0 Å². The van der Waals surface area contributed by atoms with E-state index in [2.05, 4.69) is 44.2 Å². The quantitative estimate of drug-likeness (QED) is 0.495. The van der Waals surface area contributed by atoms with Crippen LogP contribution in [0.25, 0.3) is 0 Å². The van der Waals surface area contributed by atoms with Crippen molar-refractivity contribution in [3.63, 3.8) is 0 Å². The molecule has 1 saturated carbocycles. The molecule has 1 aliphatic rings. The van der Waals surface area contributed by atoms with Gasteiger partial charge in [0.05, 0.1) is 19.1 Å². The van der Waals surface area contributed by atoms with Gasteiger partial charge in [-0.25, -0.2) is 0 Å². The SMILES string of the molecule is CCCC[N+](CCCC)(Cc1ccccc1)C1CCCCC1. The molecule has 0 spiro atoms. The molecule has 0 N–H and O–H groups in total. The lowest BCUT2D eigenvalue weighted by molar-refractivity contribution is -0.965. The summed E-state index contributed by atoms with van der Waals surface area (Å²) in [5.74, 6) is 0. The minimum Gasteiger partial charge on any atom is -0.317 e. The summed E-state index contributed by atoms with van der Waals surface area (Å²) in [6, 6.07) is 12.2. The molecule has 0 radical (unpaired) electrons. The third-order valence-electron chi connectivity index (χ3n) is 5.60. The van der Waals surface area contributed by atoms with Crippen LogP contribution in [0, 0.1) is 0 Å². The molecule has 0 aromatic heterocycles. The Balaban J connectivity index is 2.20. The lowest BCUT2D eigenvalue weighted by Crippen LogP contribution is -2.56. The smallest absolute Gasteiger partial charge is 0.105 e. The van der Waals surface area contributed by atoms with E-state index in [-0.39, 0.29) is 0 Å². The number of hydrogen-bond acceptors (Lipinski definition) is 0. The third kappa shape index (κ3) is 4.84. The molecule has 1 heteroatoms. The maximum Gasteiger partial charge on any atom is 0.105 e. The van der Waals surface area contributed by atoms with Crippen molar-refractivity contribution in [2.45, 2.75) is 84.2 Å². The van der Waals surface area contributed by atoms with Gasteiger partial charge in [0.1, 0.15) is 6.54 Å². The number of hydrogen-bond donors (Lipinski definition) is 0. The number of unbranched alkanes of at least 4 members (excludes halogenated alkanes) is 2. The van der Waals surface area contributed by atoms with E-state index >= 15 is 0 Å². The average Bonchev–Trinajstić information content (AvgIpc) is 2.59. The molecule has 0 bridgehead atoms. The highest BCUT2D eigenvalue weighted by Crippen LogP contribution is 2.32. The van der Waals surface area contributed by atoms with Gasteiger partial charge in [-0.05, 0) is 38.5 Å². The van der Waals surface area contributed by atoms with Crippen molar-refractivity contribution in [1.29, 1.82) is 0 Å². The maximum atomic E-state index is 2.35. The van der Waals surface area contributed by atoms with E-state index in [1.54, 1.807) is 5.56 Å². The molecule has 1 aromatic carbocycles. The van der Waals surface area contributed by atoms with Crippen LogP contribution in [-0.4, -0.2) is 23.6 Å². The van der Waals surface area contributed by atoms with E-state index in [0.717, 1.165) is 6.04 Å². The minimum atomic E-state index is 0.909. The second-order valence-electron chi connectivity index (χ2n) is 7.31. The first kappa shape index (κ1) is 17.5. The number of nitrogens with zero attached hydrogens (tertiary/aromatic N) is 1. The molecule has 0 aliphatic heterocycles. The van der Waals surface area contributed by atoms with Crippen LogP contribution in [0.1, 0.15) is 77.2 Å². The van der Waals surface area contributed by atoms with Gasteiger partial charge in [0, 0.05) is 5.56 Å². The summed E-state index contributed by atoms with van der Waals surface area (Å²) in [6.45, 7) is 8.72. The van der Waals surface area contributed by atoms with Gasteiger partial charge < -0.3 is 4.48 Å². The molecule has 22 heavy (non-hydrogen) atoms. The molecule has 1 aliphatic carbocycles. The summed E-state index contributed by atoms with van der Waals surface area (Å²) in [7, 11) is 0. The highest BCUT2D eigenvalue weighted by molar-refractivity contribution is 5.13. The fourth-order valence-corrected chi connectivity index (χ4v) is 4.29. The molecule has 1 nitrogen and oxygen atoms in total. The first-order valence-electron chi connectivity index (χ1n) is 9.70. The first-order valence-corrected chi connectivity index (χ1v) is 9.70. The van der Waals surface area contributed by atoms with E-state index in [4.69, 9.17) is 0 Å². The Hall–Kier alpha value is -0.820. The fourth-order valence-electron chi connectivity index (χ4n) is 4.29. The summed E-state index contributed by atoms with van der Waals surface area (Å²) in [5, 5.41) is 0. The Bertz CT molecular complexity index is 384. The Morgan fingerprint density at radius 1 is 0.864 bits per heavy atom. The van der Waals surface area contributed by atoms with Crippen molar-refractivity contribution in [2.24, 2.45) is 0 Å². The van der Waals surface area contributed by atoms with Crippen LogP contribution < -0.4 is 0 Å². The van der Waals surface area contributed by atoms with Gasteiger partial charge in [-0.15, -0.1) is 0 Å². The lowest BCUT2D eigenvalue weighted by atomic mass is 9.90. The average molecular weight is 303 g/mol. The molecule has 0 unspecified atom stereocenters. The summed E-state index contributed by atoms with van der Waals surface area (Å²) in [4.78, 5) is 0. The molecule has 0 saturated heterocycles. The Morgan fingerprint density at radius 2 is 1.45 bits per heavy atom. The molecular weight excluding hydrogens is 266 g/mol. The summed E-state index contributed by atoms with van der Waals surface area (Å²) in [5.41, 5.74) is 1.54. The van der Waals surface area contributed by atoms with E-state index in [1.807, 2.05) is 0 Å². The number of quaternary nitrogens is 1. The molecule has 2 rings (SSSR count). The molecule has 0 amide bonds. The standard InChI is InChI=1S/C21H36N/c1-3-5-17-22(18-6-4-2,21-15-11-8-12-16-21)19-20-13-9-7-10-14-20/h7,9-10,13-14,21H,3-6,8,11-12,15-19H2,1-2H3/q+1. The molecule has 0 atom stereocenters. The zero-order valence-electron chi connectivity index (χ0n) is 14.9. The van der Waals surface area contributed by atoms with Crippen LogP contribution in [0.5, 0.6) is 0 Å². The van der Waals surface area contributed by atoms with Crippen molar-refractivity contribution in [2.75, 3.05) is 13.1 Å². The van der Waals surface area contributed by atoms with Gasteiger partial charge in [-0.1, -0.05) is 63.4 Å². The highest BCUT2D eigenvalue weighted by atomic mass is 15.4. The Labute approximate surface area is 138 Å². The minimum absolute atomic E-state index is 0.909. The normalized spacial score (nSPS) is 16.8. The van der Waals surface area contributed by atoms with E-state index in [0.29, 0.717) is 0 Å². The topological polar surface area (TPSA) is 0 Å². The fraction of sp³-hybridized carbons (Fsp3) is 0.714. The Morgan fingerprint density at radius 3 is 2.00 bits per heavy atom. The zero-order valence-corrected chi connectivity index (χ0v) is 14.9. The van der Waals surface area contributed by atoms with Crippen LogP contribution in [0.3, 0.4) is 0 Å². The monoisotopic (exact) mass is 302 g/mol. The number of rotatable bonds is 9. The Kier molecular flexibility index (Phi) is 7.45. The van der Waals surface area contributed by atoms with Gasteiger partial charge >= 0.3 is 0 Å². The van der Waals surface area contributed by atoms with Gasteiger partial charge in [0.15, 0.2) is 0 Å². The maximum absolute atomic E-state index is 2.35. The molecular formula is C21H36N+. The third-order valence-corrected chi connectivity index (χ3v) is 5.60. The van der Waals surface area contributed by atoms with E-state index in [1.165, 1.54) is 81.9 Å². The highest BCUT2D eigenvalue weighted by Gasteiger charge is 2.36. The largest absolute Gasteiger partial charge is 0.317 e. The van der Waals surface area contributed by atoms with Crippen molar-refractivity contribution < 1.29 is 4.48 Å². The molecule has 1 aromatic rings. The van der Waals surface area contributed by atoms with E-state index < -0.39 is 0 Å². The zero-order chi connectivity index (χ0) is 15.7. The molecule has 1 fully saturated rings. The van der Waals surface area contributed by atoms with Crippen molar-refractivity contribution in [3.05, 3.63) is 35.9 Å². The van der Waals surface area contributed by atoms with Crippen LogP contribution >= 0.6 is 0 Å². The van der Waals surface area contributed by atoms with Gasteiger partial charge in [-0.3, -0.25) is 0 Å². The lowest BCUT2D eigenvalue weighted by Gasteiger charge is -2.47. The van der Waals surface area contributed by atoms with Crippen LogP contribution in [0.15, 0.2) is 30.3 Å². The van der Waals surface area contributed by atoms with Crippen molar-refractivity contribution in [1.82, 2.24) is 0 Å². The summed E-state index contributed by atoms with van der Waals surface area (Å²) in [6.07, 6.45) is 12.7. The predicted octanol–water partition coefficient (Wildman–Crippen LogP) is 5.94. The number of benzene rings is 1. The van der Waals surface area contributed by atoms with Crippen molar-refractivity contribution in [3.8, 4) is 0 Å². The van der Waals surface area contributed by atoms with Crippen LogP contribution in [-0.2, 0) is 6.54 Å². The second kappa shape index (κ2) is 9.35. The first-order chi connectivity index (χ1) is 10.8. The second-order valence-corrected chi connectivity index (χ2v) is 7.31. The summed E-state index contributed by atoms with van der Waals surface area (Å²) >= 11 is 0. The van der Waals surface area contributed by atoms with Gasteiger partial charge in [0.25, 0.3) is 0 Å². The van der Waals surface area contributed by atoms with Crippen LogP contribution in [0.4, 0.5) is 0 Å². The van der Waals surface area contributed by atoms with E-state index in [9.17, 15) is 0 Å². The molecule has 124 valence electrons. The van der Waals surface area contributed by atoms with Gasteiger partial charge in [-0.2, -0.15) is 0 Å².